The minimum absolute atomic E-state index is 0.0802. The third-order valence-electron chi connectivity index (χ3n) is 1.76. The lowest BCUT2D eigenvalue weighted by atomic mass is 10.1. The fraction of sp³-hybridized carbons (Fsp3) is 0.111. The maximum atomic E-state index is 6.00. The van der Waals surface area contributed by atoms with Crippen LogP contribution in [0.15, 0.2) is 22.7 Å². The molecule has 0 radical (unpaired) electrons. The van der Waals surface area contributed by atoms with Crippen LogP contribution in [0.4, 0.5) is 0 Å². The van der Waals surface area contributed by atoms with Crippen LogP contribution in [0, 0.1) is 6.92 Å². The summed E-state index contributed by atoms with van der Waals surface area (Å²) in [5.74, 6) is 0.333. The molecule has 5 heteroatoms. The van der Waals surface area contributed by atoms with Crippen molar-refractivity contribution in [2.75, 3.05) is 0 Å². The van der Waals surface area contributed by atoms with Gasteiger partial charge >= 0.3 is 0 Å². The molecule has 0 saturated carbocycles. The first kappa shape index (κ1) is 9.49. The molecule has 1 aromatic heterocycles. The highest BCUT2D eigenvalue weighted by atomic mass is 35.5. The van der Waals surface area contributed by atoms with Crippen molar-refractivity contribution < 1.29 is 4.52 Å². The Hall–Kier alpha value is -1.06. The van der Waals surface area contributed by atoms with Crippen LogP contribution in [0.25, 0.3) is 11.5 Å². The van der Waals surface area contributed by atoms with Crippen LogP contribution in [-0.4, -0.2) is 10.1 Å². The molecule has 0 amide bonds. The van der Waals surface area contributed by atoms with Crippen LogP contribution in [0.5, 0.6) is 0 Å². The van der Waals surface area contributed by atoms with Gasteiger partial charge in [0.1, 0.15) is 0 Å². The molecule has 0 aliphatic carbocycles. The fourth-order valence-corrected chi connectivity index (χ4v) is 1.54. The van der Waals surface area contributed by atoms with Gasteiger partial charge in [-0.05, 0) is 41.4 Å². The van der Waals surface area contributed by atoms with Gasteiger partial charge in [-0.2, -0.15) is 4.98 Å². The standard InChI is InChI=1S/C9H6Cl2N2O/c1-5-2-3-6(7(10)4-5)8-12-9(11)13-14-8/h2-4H,1H3. The quantitative estimate of drug-likeness (QED) is 0.752. The molecule has 0 N–H and O–H groups in total. The Kier molecular flexibility index (Phi) is 2.44. The van der Waals surface area contributed by atoms with Gasteiger partial charge in [-0.15, -0.1) is 0 Å². The lowest BCUT2D eigenvalue weighted by Crippen LogP contribution is -1.80. The average molecular weight is 229 g/mol. The van der Waals surface area contributed by atoms with E-state index in [0.717, 1.165) is 5.56 Å². The Bertz CT molecular complexity index is 468. The Morgan fingerprint density at radius 2 is 2.07 bits per heavy atom. The van der Waals surface area contributed by atoms with Gasteiger partial charge in [-0.1, -0.05) is 17.7 Å². The number of aryl methyl sites for hydroxylation is 1. The third kappa shape index (κ3) is 1.74. The minimum Gasteiger partial charge on any atom is -0.333 e. The highest BCUT2D eigenvalue weighted by molar-refractivity contribution is 6.33. The van der Waals surface area contributed by atoms with Crippen molar-refractivity contribution in [2.45, 2.75) is 6.92 Å². The number of hydrogen-bond acceptors (Lipinski definition) is 3. The Balaban J connectivity index is 2.52. The third-order valence-corrected chi connectivity index (χ3v) is 2.22. The molecule has 0 aliphatic heterocycles. The van der Waals surface area contributed by atoms with Crippen LogP contribution in [0.2, 0.25) is 10.3 Å². The van der Waals surface area contributed by atoms with Crippen molar-refractivity contribution in [2.24, 2.45) is 0 Å². The predicted octanol–water partition coefficient (Wildman–Crippen LogP) is 3.35. The van der Waals surface area contributed by atoms with Gasteiger partial charge in [0.15, 0.2) is 0 Å². The highest BCUT2D eigenvalue weighted by Gasteiger charge is 2.10. The fourth-order valence-electron chi connectivity index (χ4n) is 1.11. The Labute approximate surface area is 90.6 Å². The first-order valence-corrected chi connectivity index (χ1v) is 4.68. The molecule has 1 aromatic carbocycles. The van der Waals surface area contributed by atoms with Gasteiger partial charge in [0.05, 0.1) is 10.6 Å². The molecular formula is C9H6Cl2N2O. The summed E-state index contributed by atoms with van der Waals surface area (Å²) in [6.45, 7) is 1.95. The molecular weight excluding hydrogens is 223 g/mol. The summed E-state index contributed by atoms with van der Waals surface area (Å²) < 4.78 is 4.89. The second kappa shape index (κ2) is 3.59. The zero-order valence-electron chi connectivity index (χ0n) is 7.29. The summed E-state index contributed by atoms with van der Waals surface area (Å²) in [6.07, 6.45) is 0. The molecule has 3 nitrogen and oxygen atoms in total. The summed E-state index contributed by atoms with van der Waals surface area (Å²) in [5.41, 5.74) is 1.76. The number of halogens is 2. The molecule has 2 rings (SSSR count). The van der Waals surface area contributed by atoms with Crippen LogP contribution in [-0.2, 0) is 0 Å². The van der Waals surface area contributed by atoms with E-state index in [2.05, 4.69) is 10.1 Å². The van der Waals surface area contributed by atoms with Crippen molar-refractivity contribution in [1.29, 1.82) is 0 Å². The zero-order chi connectivity index (χ0) is 10.1. The molecule has 0 unspecified atom stereocenters. The molecule has 0 bridgehead atoms. The first-order valence-electron chi connectivity index (χ1n) is 3.92. The SMILES string of the molecule is Cc1ccc(-c2nc(Cl)no2)c(Cl)c1. The summed E-state index contributed by atoms with van der Waals surface area (Å²) >= 11 is 11.5. The maximum Gasteiger partial charge on any atom is 0.264 e. The number of rotatable bonds is 1. The Morgan fingerprint density at radius 1 is 1.29 bits per heavy atom. The smallest absolute Gasteiger partial charge is 0.264 e. The number of aromatic nitrogens is 2. The molecule has 0 atom stereocenters. The van der Waals surface area contributed by atoms with Gasteiger partial charge in [-0.25, -0.2) is 0 Å². The summed E-state index contributed by atoms with van der Waals surface area (Å²) in [7, 11) is 0. The van der Waals surface area contributed by atoms with E-state index in [-0.39, 0.29) is 5.28 Å². The minimum atomic E-state index is 0.0802. The van der Waals surface area contributed by atoms with Gasteiger partial charge in [-0.3, -0.25) is 0 Å². The topological polar surface area (TPSA) is 38.9 Å². The van der Waals surface area contributed by atoms with Gasteiger partial charge in [0, 0.05) is 0 Å². The zero-order valence-corrected chi connectivity index (χ0v) is 8.80. The lowest BCUT2D eigenvalue weighted by Gasteiger charge is -1.98. The molecule has 0 aliphatic rings. The normalized spacial score (nSPS) is 10.5. The van der Waals surface area contributed by atoms with Crippen LogP contribution in [0.1, 0.15) is 5.56 Å². The molecule has 14 heavy (non-hydrogen) atoms. The van der Waals surface area contributed by atoms with E-state index in [4.69, 9.17) is 27.7 Å². The molecule has 0 saturated heterocycles. The monoisotopic (exact) mass is 228 g/mol. The average Bonchev–Trinajstić information content (AvgIpc) is 2.51. The van der Waals surface area contributed by atoms with Crippen molar-refractivity contribution >= 4 is 23.2 Å². The van der Waals surface area contributed by atoms with Crippen molar-refractivity contribution in [3.8, 4) is 11.5 Å². The predicted molar refractivity (Wildman–Crippen MR) is 54.5 cm³/mol. The van der Waals surface area contributed by atoms with Gasteiger partial charge in [0.2, 0.25) is 0 Å². The van der Waals surface area contributed by atoms with E-state index >= 15 is 0 Å². The largest absolute Gasteiger partial charge is 0.333 e. The van der Waals surface area contributed by atoms with Crippen LogP contribution in [0.3, 0.4) is 0 Å². The Morgan fingerprint density at radius 3 is 2.64 bits per heavy atom. The number of nitrogens with zero attached hydrogens (tertiary/aromatic N) is 2. The van der Waals surface area contributed by atoms with E-state index in [1.807, 2.05) is 25.1 Å². The summed E-state index contributed by atoms with van der Waals surface area (Å²) in [6, 6.07) is 5.57. The molecule has 72 valence electrons. The van der Waals surface area contributed by atoms with E-state index in [9.17, 15) is 0 Å². The van der Waals surface area contributed by atoms with E-state index in [0.29, 0.717) is 16.5 Å². The molecule has 1 heterocycles. The highest BCUT2D eigenvalue weighted by Crippen LogP contribution is 2.27. The summed E-state index contributed by atoms with van der Waals surface area (Å²) in [4.78, 5) is 3.87. The van der Waals surface area contributed by atoms with Gasteiger partial charge in [0.25, 0.3) is 11.2 Å². The van der Waals surface area contributed by atoms with Crippen molar-refractivity contribution in [1.82, 2.24) is 10.1 Å². The van der Waals surface area contributed by atoms with Crippen molar-refractivity contribution in [3.63, 3.8) is 0 Å². The second-order valence-electron chi connectivity index (χ2n) is 2.85. The summed E-state index contributed by atoms with van der Waals surface area (Å²) in [5, 5.41) is 4.13. The van der Waals surface area contributed by atoms with Crippen molar-refractivity contribution in [3.05, 3.63) is 34.1 Å². The van der Waals surface area contributed by atoms with E-state index in [1.165, 1.54) is 0 Å². The molecule has 0 fully saturated rings. The van der Waals surface area contributed by atoms with Crippen LogP contribution >= 0.6 is 23.2 Å². The number of hydrogen-bond donors (Lipinski definition) is 0. The van der Waals surface area contributed by atoms with Gasteiger partial charge < -0.3 is 4.52 Å². The second-order valence-corrected chi connectivity index (χ2v) is 3.60. The van der Waals surface area contributed by atoms with Crippen LogP contribution < -0.4 is 0 Å². The van der Waals surface area contributed by atoms with E-state index < -0.39 is 0 Å². The molecule has 2 aromatic rings. The lowest BCUT2D eigenvalue weighted by molar-refractivity contribution is 0.430. The number of benzene rings is 1. The van der Waals surface area contributed by atoms with E-state index in [1.54, 1.807) is 0 Å². The molecule has 0 spiro atoms. The maximum absolute atomic E-state index is 6.00. The first-order chi connectivity index (χ1) is 6.66.